The third-order valence-corrected chi connectivity index (χ3v) is 3.94. The van der Waals surface area contributed by atoms with Gasteiger partial charge < -0.3 is 9.19 Å². The first kappa shape index (κ1) is 25.5. The quantitative estimate of drug-likeness (QED) is 0.380. The second kappa shape index (κ2) is 17.6. The number of rotatable bonds is 12. The van der Waals surface area contributed by atoms with Crippen molar-refractivity contribution in [3.8, 4) is 0 Å². The average Bonchev–Trinajstić information content (AvgIpc) is 2.37. The third-order valence-electron chi connectivity index (χ3n) is 3.94. The van der Waals surface area contributed by atoms with Gasteiger partial charge in [-0.25, -0.2) is 0 Å². The van der Waals surface area contributed by atoms with Crippen LogP contribution in [-0.4, -0.2) is 82.0 Å². The van der Waals surface area contributed by atoms with Crippen molar-refractivity contribution in [1.82, 2.24) is 0 Å². The predicted molar refractivity (Wildman–Crippen MR) is 85.1 cm³/mol. The molecule has 113 valence electrons. The summed E-state index contributed by atoms with van der Waals surface area (Å²) in [5.74, 6) is 0. The number of nitrogens with zero attached hydrogens (tertiary/aromatic N) is 1. The number of hydrogen-bond acceptors (Lipinski definition) is 0. The van der Waals surface area contributed by atoms with E-state index in [0.717, 1.165) is 0 Å². The summed E-state index contributed by atoms with van der Waals surface area (Å²) in [5, 5.41) is 0. The largest absolute Gasteiger partial charge is 1.00 e. The van der Waals surface area contributed by atoms with Gasteiger partial charge in [-0.15, -0.1) is 0 Å². The minimum absolute atomic E-state index is 0. The van der Waals surface area contributed by atoms with Crippen LogP contribution < -0.4 is 4.70 Å². The molecule has 0 amide bonds. The van der Waals surface area contributed by atoms with Gasteiger partial charge in [0.1, 0.15) is 0 Å². The van der Waals surface area contributed by atoms with Gasteiger partial charge in [0.2, 0.25) is 0 Å². The van der Waals surface area contributed by atoms with Gasteiger partial charge in [-0.1, -0.05) is 53.4 Å². The molecule has 0 N–H and O–H groups in total. The van der Waals surface area contributed by atoms with Gasteiger partial charge in [-0.2, -0.15) is 0 Å². The standard InChI is InChI=1S/C16H36N.FH.K/c1-5-9-13-17(14-10-6-2,15-11-7-3)16-12-8-4;;/h5-16H2,1-4H3;1H;/q+1;;/p-1. The maximum absolute atomic E-state index is 2.33. The fourth-order valence-electron chi connectivity index (χ4n) is 2.64. The summed E-state index contributed by atoms with van der Waals surface area (Å²) in [6.07, 6.45) is 11.1. The van der Waals surface area contributed by atoms with Crippen molar-refractivity contribution in [2.75, 3.05) is 26.2 Å². The van der Waals surface area contributed by atoms with Gasteiger partial charge in [0, 0.05) is 51.4 Å². The Balaban J connectivity index is -0.00000128. The Bertz CT molecular complexity index is 127. The molecular weight excluding hydrogens is 264 g/mol. The summed E-state index contributed by atoms with van der Waals surface area (Å²) in [5.41, 5.74) is 0. The van der Waals surface area contributed by atoms with E-state index in [9.17, 15) is 0 Å². The van der Waals surface area contributed by atoms with Gasteiger partial charge in [0.05, 0.1) is 26.2 Å². The molecule has 0 aliphatic rings. The molecule has 0 spiro atoms. The van der Waals surface area contributed by atoms with E-state index in [2.05, 4.69) is 27.7 Å². The van der Waals surface area contributed by atoms with Crippen molar-refractivity contribution in [3.63, 3.8) is 0 Å². The molecule has 0 unspecified atom stereocenters. The first-order valence-corrected chi connectivity index (χ1v) is 8.09. The Labute approximate surface area is 164 Å². The van der Waals surface area contributed by atoms with Gasteiger partial charge >= 0.3 is 0 Å². The van der Waals surface area contributed by atoms with E-state index < -0.39 is 0 Å². The predicted octanol–water partition coefficient (Wildman–Crippen LogP) is 1.63. The first-order chi connectivity index (χ1) is 8.24. The van der Waals surface area contributed by atoms with Crippen molar-refractivity contribution < 1.29 is 9.19 Å². The summed E-state index contributed by atoms with van der Waals surface area (Å²) in [6, 6.07) is 0. The van der Waals surface area contributed by atoms with Crippen molar-refractivity contribution in [1.29, 1.82) is 0 Å². The van der Waals surface area contributed by atoms with Gasteiger partial charge in [-0.05, 0) is 25.7 Å². The number of unbranched alkanes of at least 4 members (excludes halogenated alkanes) is 4. The van der Waals surface area contributed by atoms with E-state index in [4.69, 9.17) is 0 Å². The molecule has 0 aliphatic heterocycles. The van der Waals surface area contributed by atoms with Crippen LogP contribution in [-0.2, 0) is 0 Å². The molecule has 0 aliphatic carbocycles. The fourth-order valence-corrected chi connectivity index (χ4v) is 2.64. The Kier molecular flexibility index (Phi) is 23.6. The zero-order chi connectivity index (χ0) is 13.0. The van der Waals surface area contributed by atoms with Gasteiger partial charge in [-0.3, -0.25) is 0 Å². The smallest absolute Gasteiger partial charge is 0.0786 e. The second-order valence-electron chi connectivity index (χ2n) is 5.65. The van der Waals surface area contributed by atoms with Crippen LogP contribution in [0.15, 0.2) is 0 Å². The molecule has 1 radical (unpaired) electrons. The molecule has 0 saturated heterocycles. The Hall–Kier alpha value is 1.53. The maximum atomic E-state index is 2.33. The average molecular weight is 301 g/mol. The number of halogens is 1. The van der Waals surface area contributed by atoms with Crippen molar-refractivity contribution in [2.45, 2.75) is 79.1 Å². The molecule has 0 rings (SSSR count). The Morgan fingerprint density at radius 2 is 0.737 bits per heavy atom. The van der Waals surface area contributed by atoms with Gasteiger partial charge in [0.25, 0.3) is 0 Å². The maximum Gasteiger partial charge on any atom is 0.0786 e. The molecule has 1 nitrogen and oxygen atoms in total. The van der Waals surface area contributed by atoms with Crippen LogP contribution in [0, 0.1) is 0 Å². The fraction of sp³-hybridized carbons (Fsp3) is 1.00. The Morgan fingerprint density at radius 1 is 0.526 bits per heavy atom. The molecule has 0 aromatic heterocycles. The summed E-state index contributed by atoms with van der Waals surface area (Å²) >= 11 is 0. The molecular formula is C16H36FKN. The van der Waals surface area contributed by atoms with E-state index in [0.29, 0.717) is 0 Å². The van der Waals surface area contributed by atoms with Crippen molar-refractivity contribution in [2.24, 2.45) is 0 Å². The normalized spacial score (nSPS) is 10.7. The molecule has 0 fully saturated rings. The van der Waals surface area contributed by atoms with E-state index >= 15 is 0 Å². The summed E-state index contributed by atoms with van der Waals surface area (Å²) in [6.45, 7) is 15.0. The van der Waals surface area contributed by atoms with Crippen LogP contribution >= 0.6 is 0 Å². The van der Waals surface area contributed by atoms with Crippen LogP contribution in [0.5, 0.6) is 0 Å². The minimum Gasteiger partial charge on any atom is -1.00 e. The van der Waals surface area contributed by atoms with Crippen LogP contribution in [0.3, 0.4) is 0 Å². The third kappa shape index (κ3) is 12.9. The van der Waals surface area contributed by atoms with Crippen molar-refractivity contribution >= 4 is 51.4 Å². The van der Waals surface area contributed by atoms with Crippen LogP contribution in [0.4, 0.5) is 0 Å². The molecule has 0 bridgehead atoms. The molecule has 0 heterocycles. The molecule has 3 heteroatoms. The zero-order valence-electron chi connectivity index (χ0n) is 14.3. The topological polar surface area (TPSA) is 0 Å². The van der Waals surface area contributed by atoms with Gasteiger partial charge in [0.15, 0.2) is 0 Å². The SMILES string of the molecule is CCCC[N+](CCCC)(CCCC)CCCC.[F-].[K]. The second-order valence-corrected chi connectivity index (χ2v) is 5.65. The van der Waals surface area contributed by atoms with E-state index in [1.807, 2.05) is 0 Å². The van der Waals surface area contributed by atoms with E-state index in [1.165, 1.54) is 82.0 Å². The molecule has 19 heavy (non-hydrogen) atoms. The zero-order valence-corrected chi connectivity index (χ0v) is 17.4. The van der Waals surface area contributed by atoms with E-state index in [1.54, 1.807) is 0 Å². The van der Waals surface area contributed by atoms with Crippen LogP contribution in [0.2, 0.25) is 0 Å². The molecule has 0 aromatic rings. The first-order valence-electron chi connectivity index (χ1n) is 8.09. The minimum atomic E-state index is 0. The Morgan fingerprint density at radius 3 is 0.895 bits per heavy atom. The molecule has 0 atom stereocenters. The monoisotopic (exact) mass is 300 g/mol. The van der Waals surface area contributed by atoms with E-state index in [-0.39, 0.29) is 56.1 Å². The summed E-state index contributed by atoms with van der Waals surface area (Å²) in [7, 11) is 0. The molecule has 0 aromatic carbocycles. The van der Waals surface area contributed by atoms with Crippen LogP contribution in [0.1, 0.15) is 79.1 Å². The number of hydrogen-bond donors (Lipinski definition) is 0. The van der Waals surface area contributed by atoms with Crippen LogP contribution in [0.25, 0.3) is 0 Å². The van der Waals surface area contributed by atoms with Crippen molar-refractivity contribution in [3.05, 3.63) is 0 Å². The molecule has 0 saturated carbocycles. The number of quaternary nitrogens is 1. The summed E-state index contributed by atoms with van der Waals surface area (Å²) in [4.78, 5) is 0. The summed E-state index contributed by atoms with van der Waals surface area (Å²) < 4.78 is 1.42.